The van der Waals surface area contributed by atoms with E-state index in [2.05, 4.69) is 5.43 Å². The zero-order valence-electron chi connectivity index (χ0n) is 5.80. The van der Waals surface area contributed by atoms with Crippen LogP contribution in [0.15, 0.2) is 35.1 Å². The molecule has 0 fully saturated rings. The summed E-state index contributed by atoms with van der Waals surface area (Å²) in [5.74, 6) is 0. The molecule has 1 rings (SSSR count). The molecule has 0 amide bonds. The van der Waals surface area contributed by atoms with Crippen LogP contribution in [0.1, 0.15) is 0 Å². The van der Waals surface area contributed by atoms with Crippen molar-refractivity contribution in [3.8, 4) is 0 Å². The highest BCUT2D eigenvalue weighted by molar-refractivity contribution is 6.36. The molecule has 0 radical (unpaired) electrons. The molecule has 0 aliphatic heterocycles. The number of nitrogens with one attached hydrogen (secondary N) is 1. The molecule has 1 N–H and O–H groups in total. The van der Waals surface area contributed by atoms with Gasteiger partial charge in [0.1, 0.15) is 0 Å². The number of rotatable bonds is 3. The van der Waals surface area contributed by atoms with Crippen LogP contribution in [0.5, 0.6) is 0 Å². The molecule has 0 atom stereocenters. The van der Waals surface area contributed by atoms with Gasteiger partial charge in [0.2, 0.25) is 0 Å². The zero-order chi connectivity index (χ0) is 8.10. The maximum Gasteiger partial charge on any atom is 0.0679 e. The molecule has 0 spiro atoms. The Hall–Kier alpha value is -0.600. The molecule has 0 unspecified atom stereocenters. The fourth-order valence-electron chi connectivity index (χ4n) is 0.645. The number of halogens is 2. The maximum absolute atomic E-state index is 5.64. The number of hydrogen-bond donors (Lipinski definition) is 1. The Balaban J connectivity index is 2.35. The molecular formula is C7H8Cl2N2. The zero-order valence-corrected chi connectivity index (χ0v) is 7.31. The first kappa shape index (κ1) is 8.50. The molecule has 60 valence electrons. The summed E-state index contributed by atoms with van der Waals surface area (Å²) < 4.78 is 1.81. The summed E-state index contributed by atoms with van der Waals surface area (Å²) in [5.41, 5.74) is 4.35. The van der Waals surface area contributed by atoms with Gasteiger partial charge in [0.25, 0.3) is 0 Å². The van der Waals surface area contributed by atoms with Crippen LogP contribution in [0.2, 0.25) is 0 Å². The van der Waals surface area contributed by atoms with E-state index in [0.717, 1.165) is 0 Å². The van der Waals surface area contributed by atoms with Crippen molar-refractivity contribution >= 4 is 23.2 Å². The molecule has 0 bridgehead atoms. The van der Waals surface area contributed by atoms with Crippen molar-refractivity contribution in [3.05, 3.63) is 35.1 Å². The minimum absolute atomic E-state index is 0.541. The van der Waals surface area contributed by atoms with Crippen molar-refractivity contribution in [2.24, 2.45) is 0 Å². The van der Waals surface area contributed by atoms with Crippen LogP contribution in [-0.2, 0) is 0 Å². The normalized spacial score (nSPS) is 11.6. The predicted octanol–water partition coefficient (Wildman–Crippen LogP) is 2.35. The summed E-state index contributed by atoms with van der Waals surface area (Å²) in [4.78, 5) is 0. The first-order chi connectivity index (χ1) is 5.33. The van der Waals surface area contributed by atoms with Gasteiger partial charge in [-0.05, 0) is 12.1 Å². The molecule has 0 aliphatic carbocycles. The third-order valence-electron chi connectivity index (χ3n) is 1.15. The molecular weight excluding hydrogens is 183 g/mol. The fraction of sp³-hybridized carbons (Fsp3) is 0.143. The van der Waals surface area contributed by atoms with E-state index < -0.39 is 0 Å². The minimum atomic E-state index is 0.541. The van der Waals surface area contributed by atoms with Gasteiger partial charge < -0.3 is 5.43 Å². The van der Waals surface area contributed by atoms with Gasteiger partial charge in [0.05, 0.1) is 11.6 Å². The Labute approximate surface area is 75.4 Å². The Morgan fingerprint density at radius 3 is 2.64 bits per heavy atom. The summed E-state index contributed by atoms with van der Waals surface area (Å²) in [5, 5.41) is 0.584. The Morgan fingerprint density at radius 2 is 2.09 bits per heavy atom. The molecule has 11 heavy (non-hydrogen) atoms. The Kier molecular flexibility index (Phi) is 3.33. The molecule has 4 heteroatoms. The highest BCUT2D eigenvalue weighted by atomic mass is 35.5. The van der Waals surface area contributed by atoms with Crippen LogP contribution < -0.4 is 5.43 Å². The van der Waals surface area contributed by atoms with Crippen LogP contribution >= 0.6 is 23.2 Å². The van der Waals surface area contributed by atoms with E-state index >= 15 is 0 Å². The highest BCUT2D eigenvalue weighted by Crippen LogP contribution is 2.01. The van der Waals surface area contributed by atoms with Crippen molar-refractivity contribution in [3.63, 3.8) is 0 Å². The predicted molar refractivity (Wildman–Crippen MR) is 48.4 cm³/mol. The lowest BCUT2D eigenvalue weighted by molar-refractivity contribution is 0.895. The lowest BCUT2D eigenvalue weighted by Crippen LogP contribution is -2.13. The van der Waals surface area contributed by atoms with E-state index in [4.69, 9.17) is 23.2 Å². The Bertz CT molecular complexity index is 229. The quantitative estimate of drug-likeness (QED) is 0.775. The lowest BCUT2D eigenvalue weighted by atomic mass is 10.6. The van der Waals surface area contributed by atoms with Crippen LogP contribution in [0, 0.1) is 0 Å². The summed E-state index contributed by atoms with van der Waals surface area (Å²) >= 11 is 11.0. The largest absolute Gasteiger partial charge is 0.321 e. The molecule has 0 aromatic carbocycles. The van der Waals surface area contributed by atoms with E-state index in [0.29, 0.717) is 11.6 Å². The van der Waals surface area contributed by atoms with E-state index in [1.165, 1.54) is 5.54 Å². The van der Waals surface area contributed by atoms with E-state index in [9.17, 15) is 0 Å². The van der Waals surface area contributed by atoms with Crippen LogP contribution in [0.3, 0.4) is 0 Å². The SMILES string of the molecule is ClC=C(Cl)CNn1cccc1. The Morgan fingerprint density at radius 1 is 1.45 bits per heavy atom. The van der Waals surface area contributed by atoms with Gasteiger partial charge in [-0.1, -0.05) is 23.2 Å². The molecule has 1 heterocycles. The van der Waals surface area contributed by atoms with Gasteiger partial charge in [-0.15, -0.1) is 0 Å². The molecule has 1 aromatic rings. The van der Waals surface area contributed by atoms with Crippen LogP contribution in [0.25, 0.3) is 0 Å². The average Bonchev–Trinajstić information content (AvgIpc) is 2.52. The van der Waals surface area contributed by atoms with Crippen LogP contribution in [-0.4, -0.2) is 11.2 Å². The van der Waals surface area contributed by atoms with Crippen molar-refractivity contribution in [2.75, 3.05) is 12.0 Å². The average molecular weight is 191 g/mol. The van der Waals surface area contributed by atoms with Crippen molar-refractivity contribution in [1.82, 2.24) is 4.68 Å². The summed E-state index contributed by atoms with van der Waals surface area (Å²) in [6.45, 7) is 0.541. The van der Waals surface area contributed by atoms with Crippen LogP contribution in [0.4, 0.5) is 0 Å². The van der Waals surface area contributed by atoms with Crippen molar-refractivity contribution < 1.29 is 0 Å². The van der Waals surface area contributed by atoms with Gasteiger partial charge in [0, 0.05) is 17.9 Å². The second-order valence-corrected chi connectivity index (χ2v) is 2.68. The maximum atomic E-state index is 5.64. The molecule has 2 nitrogen and oxygen atoms in total. The lowest BCUT2D eigenvalue weighted by Gasteiger charge is -2.04. The number of nitrogens with zero attached hydrogens (tertiary/aromatic N) is 1. The van der Waals surface area contributed by atoms with E-state index in [1.807, 2.05) is 29.2 Å². The molecule has 1 aromatic heterocycles. The smallest absolute Gasteiger partial charge is 0.0679 e. The third kappa shape index (κ3) is 2.87. The topological polar surface area (TPSA) is 17.0 Å². The monoisotopic (exact) mass is 190 g/mol. The van der Waals surface area contributed by atoms with Gasteiger partial charge in [-0.3, -0.25) is 4.68 Å². The van der Waals surface area contributed by atoms with Gasteiger partial charge in [0.15, 0.2) is 0 Å². The molecule has 0 aliphatic rings. The first-order valence-corrected chi connectivity index (χ1v) is 3.96. The summed E-state index contributed by atoms with van der Waals surface area (Å²) in [6, 6.07) is 3.84. The second-order valence-electron chi connectivity index (χ2n) is 1.98. The van der Waals surface area contributed by atoms with Gasteiger partial charge in [-0.25, -0.2) is 0 Å². The van der Waals surface area contributed by atoms with Crippen molar-refractivity contribution in [2.45, 2.75) is 0 Å². The summed E-state index contributed by atoms with van der Waals surface area (Å²) in [6.07, 6.45) is 3.77. The minimum Gasteiger partial charge on any atom is -0.321 e. The first-order valence-electron chi connectivity index (χ1n) is 3.14. The highest BCUT2D eigenvalue weighted by Gasteiger charge is 1.89. The summed E-state index contributed by atoms with van der Waals surface area (Å²) in [7, 11) is 0. The fourth-order valence-corrected chi connectivity index (χ4v) is 0.782. The number of aromatic nitrogens is 1. The second kappa shape index (κ2) is 4.31. The molecule has 0 saturated carbocycles. The number of hydrogen-bond acceptors (Lipinski definition) is 1. The molecule has 0 saturated heterocycles. The van der Waals surface area contributed by atoms with E-state index in [-0.39, 0.29) is 0 Å². The van der Waals surface area contributed by atoms with Gasteiger partial charge in [-0.2, -0.15) is 0 Å². The third-order valence-corrected chi connectivity index (χ3v) is 1.77. The van der Waals surface area contributed by atoms with E-state index in [1.54, 1.807) is 0 Å². The van der Waals surface area contributed by atoms with Crippen molar-refractivity contribution in [1.29, 1.82) is 0 Å². The van der Waals surface area contributed by atoms with Gasteiger partial charge >= 0.3 is 0 Å². The standard InChI is InChI=1S/C7H8Cl2N2/c8-5-7(9)6-10-11-3-1-2-4-11/h1-5,10H,6H2.